The SMILES string of the molecule is CN(C)C(=O)c1cc2cnc(Nc3ccc(C(=O)NCCCCN4CCN(C(=O)COc5cccc(C6CCC(=O)NC6=O)c5)CC4)cc3)nc2n1C1CCCC1. The van der Waals surface area contributed by atoms with Crippen molar-refractivity contribution < 1.29 is 28.7 Å². The van der Waals surface area contributed by atoms with Gasteiger partial charge in [-0.05, 0) is 86.7 Å². The molecule has 1 saturated carbocycles. The number of hydrogen-bond acceptors (Lipinski definition) is 10. The van der Waals surface area contributed by atoms with E-state index in [2.05, 4.69) is 30.4 Å². The van der Waals surface area contributed by atoms with Crippen LogP contribution in [-0.2, 0) is 14.4 Å². The van der Waals surface area contributed by atoms with E-state index in [1.807, 2.05) is 29.2 Å². The maximum atomic E-state index is 13.0. The van der Waals surface area contributed by atoms with Crippen LogP contribution in [0.1, 0.15) is 89.7 Å². The van der Waals surface area contributed by atoms with Crippen molar-refractivity contribution in [2.75, 3.05) is 65.3 Å². The molecule has 2 aliphatic heterocycles. The molecular formula is C42H51N9O6. The first kappa shape index (κ1) is 39.4. The normalized spacial score (nSPS) is 17.7. The standard InChI is InChI=1S/C42H51N9O6/c1-48(2)41(56)35-25-30-26-44-42(47-38(30)51(35)32-9-3-4-10-32)45-31-14-12-28(13-15-31)39(54)43-18-5-6-19-49-20-22-50(23-21-49)37(53)27-57-33-11-7-8-29(24-33)34-16-17-36(52)46-40(34)55/h7-8,11-15,24-26,32,34H,3-6,9-10,16-23,27H2,1-2H3,(H,43,54)(H,44,45,47)(H,46,52,55). The average molecular weight is 778 g/mol. The van der Waals surface area contributed by atoms with Gasteiger partial charge in [0, 0.05) is 82.1 Å². The summed E-state index contributed by atoms with van der Waals surface area (Å²) in [6.45, 7) is 4.14. The summed E-state index contributed by atoms with van der Waals surface area (Å²) in [4.78, 5) is 77.6. The number of amides is 5. The minimum atomic E-state index is -0.407. The smallest absolute Gasteiger partial charge is 0.270 e. The number of rotatable bonds is 14. The molecule has 0 bridgehead atoms. The molecule has 2 aromatic heterocycles. The Balaban J connectivity index is 0.807. The van der Waals surface area contributed by atoms with E-state index in [0.717, 1.165) is 80.4 Å². The first-order chi connectivity index (χ1) is 27.6. The molecule has 0 radical (unpaired) electrons. The van der Waals surface area contributed by atoms with Gasteiger partial charge in [-0.25, -0.2) is 4.98 Å². The third-order valence-electron chi connectivity index (χ3n) is 11.1. The van der Waals surface area contributed by atoms with Gasteiger partial charge < -0.3 is 29.7 Å². The summed E-state index contributed by atoms with van der Waals surface area (Å²) in [6, 6.07) is 16.5. The van der Waals surface area contributed by atoms with E-state index in [1.165, 1.54) is 0 Å². The number of fused-ring (bicyclic) bond motifs is 1. The van der Waals surface area contributed by atoms with Crippen LogP contribution >= 0.6 is 0 Å². The van der Waals surface area contributed by atoms with Gasteiger partial charge in [0.15, 0.2) is 6.61 Å². The summed E-state index contributed by atoms with van der Waals surface area (Å²) in [5, 5.41) is 9.48. The zero-order valence-electron chi connectivity index (χ0n) is 32.7. The second-order valence-corrected chi connectivity index (χ2v) is 15.3. The van der Waals surface area contributed by atoms with Crippen LogP contribution in [0.4, 0.5) is 11.6 Å². The number of ether oxygens (including phenoxy) is 1. The Morgan fingerprint density at radius 2 is 1.72 bits per heavy atom. The number of piperazine rings is 1. The Hall–Kier alpha value is -5.83. The molecule has 57 heavy (non-hydrogen) atoms. The van der Waals surface area contributed by atoms with Gasteiger partial charge in [0.05, 0.1) is 5.92 Å². The molecule has 300 valence electrons. The number of nitrogens with one attached hydrogen (secondary N) is 3. The summed E-state index contributed by atoms with van der Waals surface area (Å²) in [5.74, 6) is -0.290. The van der Waals surface area contributed by atoms with Crippen molar-refractivity contribution >= 4 is 52.2 Å². The lowest BCUT2D eigenvalue weighted by atomic mass is 9.90. The van der Waals surface area contributed by atoms with Gasteiger partial charge in [-0.3, -0.25) is 34.2 Å². The van der Waals surface area contributed by atoms with E-state index in [9.17, 15) is 24.0 Å². The van der Waals surface area contributed by atoms with Gasteiger partial charge in [-0.2, -0.15) is 4.98 Å². The van der Waals surface area contributed by atoms with Crippen LogP contribution in [-0.4, -0.2) is 119 Å². The molecule has 4 heterocycles. The summed E-state index contributed by atoms with van der Waals surface area (Å²) in [5.41, 5.74) is 3.45. The van der Waals surface area contributed by atoms with Crippen molar-refractivity contribution in [2.24, 2.45) is 0 Å². The second kappa shape index (κ2) is 18.0. The molecule has 4 aromatic rings. The number of anilines is 2. The number of carbonyl (C=O) groups excluding carboxylic acids is 5. The number of carbonyl (C=O) groups is 5. The molecular weight excluding hydrogens is 727 g/mol. The number of benzene rings is 2. The van der Waals surface area contributed by atoms with Gasteiger partial charge >= 0.3 is 0 Å². The van der Waals surface area contributed by atoms with E-state index < -0.39 is 5.92 Å². The van der Waals surface area contributed by atoms with Crippen molar-refractivity contribution in [3.05, 3.63) is 77.6 Å². The van der Waals surface area contributed by atoms with E-state index in [-0.39, 0.29) is 42.2 Å². The van der Waals surface area contributed by atoms with Gasteiger partial charge in [0.25, 0.3) is 17.7 Å². The third-order valence-corrected chi connectivity index (χ3v) is 11.1. The number of unbranched alkanes of at least 4 members (excludes halogenated alkanes) is 1. The number of aromatic nitrogens is 3. The number of piperidine rings is 1. The Bertz CT molecular complexity index is 2100. The molecule has 1 aliphatic carbocycles. The fraction of sp³-hybridized carbons (Fsp3) is 0.452. The van der Waals surface area contributed by atoms with Gasteiger partial charge in [-0.15, -0.1) is 0 Å². The maximum absolute atomic E-state index is 13.0. The van der Waals surface area contributed by atoms with Gasteiger partial charge in [0.1, 0.15) is 17.1 Å². The van der Waals surface area contributed by atoms with Crippen molar-refractivity contribution in [3.8, 4) is 5.75 Å². The lowest BCUT2D eigenvalue weighted by Crippen LogP contribution is -2.50. The zero-order chi connectivity index (χ0) is 39.9. The molecule has 7 rings (SSSR count). The molecule has 15 nitrogen and oxygen atoms in total. The van der Waals surface area contributed by atoms with Crippen LogP contribution in [0.25, 0.3) is 11.0 Å². The lowest BCUT2D eigenvalue weighted by molar-refractivity contribution is -0.136. The highest BCUT2D eigenvalue weighted by Crippen LogP contribution is 2.35. The highest BCUT2D eigenvalue weighted by molar-refractivity contribution is 6.01. The predicted octanol–water partition coefficient (Wildman–Crippen LogP) is 4.25. The summed E-state index contributed by atoms with van der Waals surface area (Å²) < 4.78 is 7.88. The third kappa shape index (κ3) is 9.59. The van der Waals surface area contributed by atoms with Crippen molar-refractivity contribution in [2.45, 2.75) is 63.3 Å². The zero-order valence-corrected chi connectivity index (χ0v) is 32.7. The predicted molar refractivity (Wildman–Crippen MR) is 214 cm³/mol. The molecule has 2 saturated heterocycles. The fourth-order valence-electron chi connectivity index (χ4n) is 7.88. The van der Waals surface area contributed by atoms with Crippen molar-refractivity contribution in [1.82, 2.24) is 39.9 Å². The Morgan fingerprint density at radius 1 is 0.947 bits per heavy atom. The van der Waals surface area contributed by atoms with Crippen LogP contribution < -0.4 is 20.7 Å². The number of imide groups is 1. The molecule has 1 atom stereocenters. The second-order valence-electron chi connectivity index (χ2n) is 15.3. The van der Waals surface area contributed by atoms with Crippen molar-refractivity contribution in [1.29, 1.82) is 0 Å². The van der Waals surface area contributed by atoms with Gasteiger partial charge in [-0.1, -0.05) is 25.0 Å². The molecule has 3 N–H and O–H groups in total. The first-order valence-corrected chi connectivity index (χ1v) is 19.9. The molecule has 5 amide bonds. The van der Waals surface area contributed by atoms with Crippen LogP contribution in [0.15, 0.2) is 60.8 Å². The minimum absolute atomic E-state index is 0.0501. The van der Waals surface area contributed by atoms with E-state index in [1.54, 1.807) is 55.5 Å². The minimum Gasteiger partial charge on any atom is -0.484 e. The molecule has 0 spiro atoms. The van der Waals surface area contributed by atoms with E-state index in [0.29, 0.717) is 55.4 Å². The van der Waals surface area contributed by atoms with Crippen LogP contribution in [0.5, 0.6) is 5.75 Å². The molecule has 2 aromatic carbocycles. The molecule has 1 unspecified atom stereocenters. The lowest BCUT2D eigenvalue weighted by Gasteiger charge is -2.34. The fourth-order valence-corrected chi connectivity index (χ4v) is 7.88. The van der Waals surface area contributed by atoms with E-state index >= 15 is 0 Å². The van der Waals surface area contributed by atoms with Crippen LogP contribution in [0, 0.1) is 0 Å². The first-order valence-electron chi connectivity index (χ1n) is 19.9. The average Bonchev–Trinajstić information content (AvgIpc) is 3.88. The Kier molecular flexibility index (Phi) is 12.4. The van der Waals surface area contributed by atoms with Crippen LogP contribution in [0.3, 0.4) is 0 Å². The molecule has 3 aliphatic rings. The highest BCUT2D eigenvalue weighted by Gasteiger charge is 2.29. The monoisotopic (exact) mass is 777 g/mol. The van der Waals surface area contributed by atoms with E-state index in [4.69, 9.17) is 9.72 Å². The number of hydrogen-bond donors (Lipinski definition) is 3. The van der Waals surface area contributed by atoms with Gasteiger partial charge in [0.2, 0.25) is 17.8 Å². The topological polar surface area (TPSA) is 171 Å². The number of nitrogens with zero attached hydrogens (tertiary/aromatic N) is 6. The quantitative estimate of drug-likeness (QED) is 0.124. The Labute approximate surface area is 332 Å². The van der Waals surface area contributed by atoms with Crippen molar-refractivity contribution in [3.63, 3.8) is 0 Å². The summed E-state index contributed by atoms with van der Waals surface area (Å²) in [7, 11) is 3.52. The Morgan fingerprint density at radius 3 is 2.46 bits per heavy atom. The van der Waals surface area contributed by atoms with Crippen LogP contribution in [0.2, 0.25) is 0 Å². The summed E-state index contributed by atoms with van der Waals surface area (Å²) in [6.07, 6.45) is 8.56. The molecule has 3 fully saturated rings. The highest BCUT2D eigenvalue weighted by atomic mass is 16.5. The summed E-state index contributed by atoms with van der Waals surface area (Å²) >= 11 is 0. The maximum Gasteiger partial charge on any atom is 0.270 e. The molecule has 15 heteroatoms. The largest absolute Gasteiger partial charge is 0.484 e.